The van der Waals surface area contributed by atoms with Crippen LogP contribution in [0.2, 0.25) is 10.3 Å². The van der Waals surface area contributed by atoms with Gasteiger partial charge in [0.1, 0.15) is 10.8 Å². The summed E-state index contributed by atoms with van der Waals surface area (Å²) in [6, 6.07) is 7.56. The van der Waals surface area contributed by atoms with Crippen molar-refractivity contribution in [3.63, 3.8) is 0 Å². The molecule has 0 amide bonds. The Morgan fingerprint density at radius 2 is 2.06 bits per heavy atom. The van der Waals surface area contributed by atoms with Crippen molar-refractivity contribution in [3.8, 4) is 11.6 Å². The topological polar surface area (TPSA) is 35.0 Å². The molecule has 5 heteroatoms. The van der Waals surface area contributed by atoms with Crippen molar-refractivity contribution in [1.29, 1.82) is 0 Å². The van der Waals surface area contributed by atoms with Crippen molar-refractivity contribution in [2.75, 3.05) is 0 Å². The van der Waals surface area contributed by atoms with E-state index in [1.54, 1.807) is 0 Å². The molecule has 0 aliphatic rings. The molecular formula is C11H8Cl2N2O. The number of benzene rings is 1. The van der Waals surface area contributed by atoms with Crippen LogP contribution < -0.4 is 4.74 Å². The molecule has 0 N–H and O–H groups in total. The van der Waals surface area contributed by atoms with E-state index in [-0.39, 0.29) is 11.2 Å². The Morgan fingerprint density at radius 3 is 2.81 bits per heavy atom. The summed E-state index contributed by atoms with van der Waals surface area (Å²) in [5, 5.41) is 0.429. The fourth-order valence-electron chi connectivity index (χ4n) is 1.19. The van der Waals surface area contributed by atoms with Crippen LogP contribution >= 0.6 is 23.2 Å². The minimum Gasteiger partial charge on any atom is -0.437 e. The lowest BCUT2D eigenvalue weighted by Gasteiger charge is -2.06. The van der Waals surface area contributed by atoms with Gasteiger partial charge in [-0.15, -0.1) is 0 Å². The van der Waals surface area contributed by atoms with E-state index in [1.807, 2.05) is 31.2 Å². The first-order valence-electron chi connectivity index (χ1n) is 4.58. The molecule has 0 aliphatic heterocycles. The highest BCUT2D eigenvalue weighted by atomic mass is 35.5. The lowest BCUT2D eigenvalue weighted by atomic mass is 10.2. The molecule has 1 aromatic carbocycles. The van der Waals surface area contributed by atoms with E-state index in [0.717, 1.165) is 5.56 Å². The molecule has 0 saturated carbocycles. The van der Waals surface area contributed by atoms with Gasteiger partial charge in [-0.25, -0.2) is 4.98 Å². The summed E-state index contributed by atoms with van der Waals surface area (Å²) in [6.07, 6.45) is 1.40. The minimum atomic E-state index is 0.104. The van der Waals surface area contributed by atoms with Gasteiger partial charge in [-0.3, -0.25) is 0 Å². The molecule has 0 radical (unpaired) electrons. The molecule has 1 aromatic heterocycles. The van der Waals surface area contributed by atoms with Crippen molar-refractivity contribution < 1.29 is 4.74 Å². The van der Waals surface area contributed by atoms with Gasteiger partial charge >= 0.3 is 0 Å². The van der Waals surface area contributed by atoms with Crippen LogP contribution in [0, 0.1) is 6.92 Å². The maximum atomic E-state index is 5.88. The molecule has 2 rings (SSSR count). The van der Waals surface area contributed by atoms with Gasteiger partial charge in [0.2, 0.25) is 11.2 Å². The zero-order valence-corrected chi connectivity index (χ0v) is 9.96. The van der Waals surface area contributed by atoms with Gasteiger partial charge in [0.25, 0.3) is 0 Å². The van der Waals surface area contributed by atoms with E-state index in [4.69, 9.17) is 27.9 Å². The van der Waals surface area contributed by atoms with E-state index in [1.165, 1.54) is 6.20 Å². The second-order valence-corrected chi connectivity index (χ2v) is 3.96. The van der Waals surface area contributed by atoms with Crippen LogP contribution in [0.25, 0.3) is 0 Å². The van der Waals surface area contributed by atoms with Crippen LogP contribution in [-0.4, -0.2) is 9.97 Å². The average Bonchev–Trinajstić information content (AvgIpc) is 2.24. The summed E-state index contributed by atoms with van der Waals surface area (Å²) in [5.74, 6) is 0.920. The number of hydrogen-bond donors (Lipinski definition) is 0. The molecule has 2 aromatic rings. The summed E-state index contributed by atoms with van der Waals surface area (Å²) in [7, 11) is 0. The fraction of sp³-hybridized carbons (Fsp3) is 0.0909. The number of nitrogens with zero attached hydrogens (tertiary/aromatic N) is 2. The molecule has 0 atom stereocenters. The standard InChI is InChI=1S/C11H8Cl2N2O/c1-7-3-2-4-8(5-7)16-10-9(12)6-14-11(13)15-10/h2-6H,1H3. The summed E-state index contributed by atoms with van der Waals surface area (Å²) in [6.45, 7) is 1.97. The first-order chi connectivity index (χ1) is 7.65. The highest BCUT2D eigenvalue weighted by Gasteiger charge is 2.06. The predicted octanol–water partition coefficient (Wildman–Crippen LogP) is 3.88. The van der Waals surface area contributed by atoms with Crippen LogP contribution in [0.15, 0.2) is 30.5 Å². The molecule has 16 heavy (non-hydrogen) atoms. The lowest BCUT2D eigenvalue weighted by molar-refractivity contribution is 0.461. The molecule has 0 fully saturated rings. The molecule has 3 nitrogen and oxygen atoms in total. The molecule has 0 unspecified atom stereocenters. The maximum Gasteiger partial charge on any atom is 0.242 e. The zero-order chi connectivity index (χ0) is 11.5. The van der Waals surface area contributed by atoms with E-state index in [0.29, 0.717) is 10.8 Å². The Morgan fingerprint density at radius 1 is 1.25 bits per heavy atom. The van der Waals surface area contributed by atoms with E-state index in [2.05, 4.69) is 9.97 Å². The lowest BCUT2D eigenvalue weighted by Crippen LogP contribution is -1.91. The summed E-state index contributed by atoms with van der Waals surface area (Å²) >= 11 is 11.5. The number of hydrogen-bond acceptors (Lipinski definition) is 3. The Bertz CT molecular complexity index is 517. The van der Waals surface area contributed by atoms with Crippen molar-refractivity contribution in [2.45, 2.75) is 6.92 Å². The molecular weight excluding hydrogens is 247 g/mol. The Kier molecular flexibility index (Phi) is 3.27. The summed E-state index contributed by atoms with van der Waals surface area (Å²) < 4.78 is 5.50. The monoisotopic (exact) mass is 254 g/mol. The second kappa shape index (κ2) is 4.68. The third kappa shape index (κ3) is 2.62. The normalized spacial score (nSPS) is 10.2. The first kappa shape index (κ1) is 11.2. The number of ether oxygens (including phenoxy) is 1. The van der Waals surface area contributed by atoms with Crippen LogP contribution in [0.3, 0.4) is 0 Å². The highest BCUT2D eigenvalue weighted by molar-refractivity contribution is 6.32. The third-order valence-electron chi connectivity index (χ3n) is 1.89. The van der Waals surface area contributed by atoms with Gasteiger partial charge in [-0.2, -0.15) is 4.98 Å². The first-order valence-corrected chi connectivity index (χ1v) is 5.33. The summed E-state index contributed by atoms with van der Waals surface area (Å²) in [5.41, 5.74) is 1.09. The molecule has 0 bridgehead atoms. The van der Waals surface area contributed by atoms with E-state index >= 15 is 0 Å². The predicted molar refractivity (Wildman–Crippen MR) is 63.3 cm³/mol. The third-order valence-corrected chi connectivity index (χ3v) is 2.33. The SMILES string of the molecule is Cc1cccc(Oc2nc(Cl)ncc2Cl)c1. The number of rotatable bonds is 2. The summed E-state index contributed by atoms with van der Waals surface area (Å²) in [4.78, 5) is 7.64. The largest absolute Gasteiger partial charge is 0.437 e. The second-order valence-electron chi connectivity index (χ2n) is 3.21. The van der Waals surface area contributed by atoms with Crippen LogP contribution in [-0.2, 0) is 0 Å². The Labute approximate surface area is 103 Å². The molecule has 0 spiro atoms. The van der Waals surface area contributed by atoms with Gasteiger partial charge in [0.05, 0.1) is 6.20 Å². The minimum absolute atomic E-state index is 0.104. The zero-order valence-electron chi connectivity index (χ0n) is 8.45. The molecule has 1 heterocycles. The van der Waals surface area contributed by atoms with Gasteiger partial charge in [-0.1, -0.05) is 23.7 Å². The molecule has 82 valence electrons. The number of halogens is 2. The number of aromatic nitrogens is 2. The Balaban J connectivity index is 2.30. The Hall–Kier alpha value is -1.32. The fourth-order valence-corrected chi connectivity index (χ4v) is 1.45. The molecule has 0 saturated heterocycles. The van der Waals surface area contributed by atoms with E-state index in [9.17, 15) is 0 Å². The maximum absolute atomic E-state index is 5.88. The van der Waals surface area contributed by atoms with Crippen molar-refractivity contribution in [3.05, 3.63) is 46.3 Å². The van der Waals surface area contributed by atoms with E-state index < -0.39 is 0 Å². The van der Waals surface area contributed by atoms with Crippen molar-refractivity contribution in [1.82, 2.24) is 9.97 Å². The highest BCUT2D eigenvalue weighted by Crippen LogP contribution is 2.27. The van der Waals surface area contributed by atoms with Crippen molar-refractivity contribution >= 4 is 23.2 Å². The van der Waals surface area contributed by atoms with Gasteiger partial charge in [0.15, 0.2) is 0 Å². The van der Waals surface area contributed by atoms with Crippen molar-refractivity contribution in [2.24, 2.45) is 0 Å². The average molecular weight is 255 g/mol. The van der Waals surface area contributed by atoms with Gasteiger partial charge in [0, 0.05) is 0 Å². The van der Waals surface area contributed by atoms with Gasteiger partial charge in [-0.05, 0) is 36.2 Å². The van der Waals surface area contributed by atoms with Crippen LogP contribution in [0.4, 0.5) is 0 Å². The van der Waals surface area contributed by atoms with Gasteiger partial charge < -0.3 is 4.74 Å². The van der Waals surface area contributed by atoms with Crippen LogP contribution in [0.1, 0.15) is 5.56 Å². The number of aryl methyl sites for hydroxylation is 1. The smallest absolute Gasteiger partial charge is 0.242 e. The quantitative estimate of drug-likeness (QED) is 0.763. The molecule has 0 aliphatic carbocycles. The van der Waals surface area contributed by atoms with Crippen LogP contribution in [0.5, 0.6) is 11.6 Å².